The van der Waals surface area contributed by atoms with Crippen molar-refractivity contribution in [2.45, 2.75) is 71.9 Å². The van der Waals surface area contributed by atoms with Crippen molar-refractivity contribution in [2.24, 2.45) is 0 Å². The number of amides is 1. The summed E-state index contributed by atoms with van der Waals surface area (Å²) in [6.45, 7) is 13.2. The lowest BCUT2D eigenvalue weighted by atomic mass is 9.78. The molecule has 0 spiro atoms. The summed E-state index contributed by atoms with van der Waals surface area (Å²) in [4.78, 5) is 24.2. The number of benzene rings is 2. The van der Waals surface area contributed by atoms with E-state index in [1.54, 1.807) is 32.9 Å². The Morgan fingerprint density at radius 3 is 2.19 bits per heavy atom. The van der Waals surface area contributed by atoms with Crippen LogP contribution in [0.2, 0.25) is 0 Å². The topological polar surface area (TPSA) is 103 Å². The first-order valence-electron chi connectivity index (χ1n) is 11.8. The fourth-order valence-electron chi connectivity index (χ4n) is 3.39. The van der Waals surface area contributed by atoms with Gasteiger partial charge in [0.25, 0.3) is 0 Å². The molecule has 0 unspecified atom stereocenters. The van der Waals surface area contributed by atoms with Gasteiger partial charge in [0, 0.05) is 5.56 Å². The predicted octanol–water partition coefficient (Wildman–Crippen LogP) is 4.52. The Morgan fingerprint density at radius 1 is 1.03 bits per heavy atom. The van der Waals surface area contributed by atoms with Crippen LogP contribution < -0.4 is 15.5 Å². The van der Waals surface area contributed by atoms with E-state index in [1.165, 1.54) is 6.08 Å². The van der Waals surface area contributed by atoms with Crippen molar-refractivity contribution in [3.8, 4) is 5.75 Å². The van der Waals surface area contributed by atoms with Crippen LogP contribution in [-0.4, -0.2) is 41.1 Å². The molecule has 9 heteroatoms. The summed E-state index contributed by atoms with van der Waals surface area (Å²) >= 11 is 0. The zero-order valence-electron chi connectivity index (χ0n) is 21.9. The highest BCUT2D eigenvalue weighted by atomic mass is 16.7. The number of hydrogen-bond acceptors (Lipinski definition) is 6. The van der Waals surface area contributed by atoms with Crippen LogP contribution in [0.15, 0.2) is 54.2 Å². The number of carboxylic acid groups (broad SMARTS) is 1. The minimum absolute atomic E-state index is 0.277. The van der Waals surface area contributed by atoms with Gasteiger partial charge in [-0.2, -0.15) is 0 Å². The molecule has 3 rings (SSSR count). The van der Waals surface area contributed by atoms with Gasteiger partial charge in [0.2, 0.25) is 0 Å². The Bertz CT molecular complexity index is 1120. The normalized spacial score (nSPS) is 17.0. The number of nitrogens with one attached hydrogen (secondary N) is 1. The van der Waals surface area contributed by atoms with Gasteiger partial charge in [-0.1, -0.05) is 42.5 Å². The first-order chi connectivity index (χ1) is 16.7. The largest absolute Gasteiger partial charge is 0.494 e. The highest BCUT2D eigenvalue weighted by molar-refractivity contribution is 6.62. The number of carbonyl (C=O) groups excluding carboxylic acids is 1. The van der Waals surface area contributed by atoms with E-state index < -0.39 is 36.0 Å². The highest BCUT2D eigenvalue weighted by Crippen LogP contribution is 2.37. The van der Waals surface area contributed by atoms with Crippen LogP contribution in [-0.2, 0) is 25.4 Å². The zero-order chi connectivity index (χ0) is 26.7. The van der Waals surface area contributed by atoms with E-state index in [9.17, 15) is 14.7 Å². The van der Waals surface area contributed by atoms with Crippen LogP contribution in [0.3, 0.4) is 0 Å². The molecule has 8 nitrogen and oxygen atoms in total. The van der Waals surface area contributed by atoms with E-state index in [2.05, 4.69) is 5.32 Å². The Kier molecular flexibility index (Phi) is 7.86. The minimum Gasteiger partial charge on any atom is -0.488 e. The molecule has 0 atom stereocenters. The van der Waals surface area contributed by atoms with Crippen molar-refractivity contribution < 1.29 is 33.5 Å². The van der Waals surface area contributed by atoms with Gasteiger partial charge < -0.3 is 23.9 Å². The molecule has 36 heavy (non-hydrogen) atoms. The number of ether oxygens (including phenoxy) is 2. The third-order valence-corrected chi connectivity index (χ3v) is 5.96. The number of alkyl carbamates (subject to hydrolysis) is 1. The third-order valence-electron chi connectivity index (χ3n) is 5.96. The molecular weight excluding hydrogens is 461 g/mol. The van der Waals surface area contributed by atoms with E-state index in [0.29, 0.717) is 16.8 Å². The van der Waals surface area contributed by atoms with Gasteiger partial charge in [0.05, 0.1) is 11.2 Å². The maximum absolute atomic E-state index is 12.3. The van der Waals surface area contributed by atoms with Crippen molar-refractivity contribution in [1.29, 1.82) is 0 Å². The van der Waals surface area contributed by atoms with Crippen LogP contribution in [0.4, 0.5) is 4.79 Å². The summed E-state index contributed by atoms with van der Waals surface area (Å²) in [5.41, 5.74) is -0.149. The standard InChI is InChI=1S/C27H34BNO7/c1-25(2,3)34-24(32)29-21(23(30)31)16-19-15-20(28-35-26(4,5)27(6,7)36-28)13-14-22(19)33-17-18-11-9-8-10-12-18/h8-16H,17H2,1-7H3,(H,29,32)(H,30,31)/b21-16+. The Hall–Kier alpha value is -3.30. The molecule has 1 aliphatic heterocycles. The monoisotopic (exact) mass is 495 g/mol. The van der Waals surface area contributed by atoms with Crippen LogP contribution in [0.1, 0.15) is 59.6 Å². The fraction of sp³-hybridized carbons (Fsp3) is 0.407. The SMILES string of the molecule is CC(C)(C)OC(=O)N/C(=C/c1cc(B2OC(C)(C)C(C)(C)O2)ccc1OCc1ccccc1)C(=O)O. The molecule has 0 bridgehead atoms. The summed E-state index contributed by atoms with van der Waals surface area (Å²) in [6.07, 6.45) is 0.464. The third kappa shape index (κ3) is 6.89. The number of carbonyl (C=O) groups is 2. The Labute approximate surface area is 212 Å². The van der Waals surface area contributed by atoms with Gasteiger partial charge in [-0.15, -0.1) is 0 Å². The fourth-order valence-corrected chi connectivity index (χ4v) is 3.39. The Balaban J connectivity index is 1.97. The first kappa shape index (κ1) is 27.3. The molecular formula is C27H34BNO7. The van der Waals surface area contributed by atoms with Crippen molar-refractivity contribution in [3.05, 3.63) is 65.4 Å². The molecule has 0 aliphatic carbocycles. The van der Waals surface area contributed by atoms with Crippen molar-refractivity contribution in [3.63, 3.8) is 0 Å². The second-order valence-electron chi connectivity index (χ2n) is 10.6. The maximum atomic E-state index is 12.3. The Morgan fingerprint density at radius 2 is 1.64 bits per heavy atom. The van der Waals surface area contributed by atoms with E-state index in [1.807, 2.05) is 64.1 Å². The molecule has 1 heterocycles. The molecule has 1 saturated heterocycles. The summed E-state index contributed by atoms with van der Waals surface area (Å²) in [6, 6.07) is 14.9. The zero-order valence-corrected chi connectivity index (χ0v) is 21.9. The van der Waals surface area contributed by atoms with Crippen molar-refractivity contribution in [2.75, 3.05) is 0 Å². The molecule has 0 radical (unpaired) electrons. The van der Waals surface area contributed by atoms with Gasteiger partial charge in [0.1, 0.15) is 23.7 Å². The van der Waals surface area contributed by atoms with Crippen LogP contribution in [0, 0.1) is 0 Å². The molecule has 0 aromatic heterocycles. The van der Waals surface area contributed by atoms with E-state index in [0.717, 1.165) is 5.56 Å². The number of carboxylic acids is 1. The molecule has 1 fully saturated rings. The van der Waals surface area contributed by atoms with E-state index in [4.69, 9.17) is 18.8 Å². The average molecular weight is 495 g/mol. The summed E-state index contributed by atoms with van der Waals surface area (Å²) in [5, 5.41) is 12.1. The first-order valence-corrected chi connectivity index (χ1v) is 11.8. The van der Waals surface area contributed by atoms with Crippen molar-refractivity contribution in [1.82, 2.24) is 5.32 Å². The van der Waals surface area contributed by atoms with E-state index in [-0.39, 0.29) is 12.3 Å². The molecule has 192 valence electrons. The van der Waals surface area contributed by atoms with Crippen LogP contribution in [0.5, 0.6) is 5.75 Å². The summed E-state index contributed by atoms with van der Waals surface area (Å²) in [5.74, 6) is -0.889. The summed E-state index contributed by atoms with van der Waals surface area (Å²) < 4.78 is 23.6. The second-order valence-corrected chi connectivity index (χ2v) is 10.6. The predicted molar refractivity (Wildman–Crippen MR) is 138 cm³/mol. The molecule has 1 aliphatic rings. The number of rotatable bonds is 7. The second kappa shape index (κ2) is 10.4. The molecule has 2 aromatic rings. The minimum atomic E-state index is -1.32. The van der Waals surface area contributed by atoms with Gasteiger partial charge in [-0.25, -0.2) is 9.59 Å². The number of hydrogen-bond donors (Lipinski definition) is 2. The molecule has 1 amide bonds. The molecule has 2 N–H and O–H groups in total. The van der Waals surface area contributed by atoms with Gasteiger partial charge >= 0.3 is 19.2 Å². The smallest absolute Gasteiger partial charge is 0.488 e. The van der Waals surface area contributed by atoms with Crippen LogP contribution >= 0.6 is 0 Å². The lowest BCUT2D eigenvalue weighted by Gasteiger charge is -2.32. The summed E-state index contributed by atoms with van der Waals surface area (Å²) in [7, 11) is -0.655. The van der Waals surface area contributed by atoms with Crippen LogP contribution in [0.25, 0.3) is 6.08 Å². The quantitative estimate of drug-likeness (QED) is 0.430. The lowest BCUT2D eigenvalue weighted by Crippen LogP contribution is -2.41. The van der Waals surface area contributed by atoms with E-state index >= 15 is 0 Å². The average Bonchev–Trinajstić information content (AvgIpc) is 2.98. The van der Waals surface area contributed by atoms with Gasteiger partial charge in [-0.05, 0) is 71.6 Å². The number of aliphatic carboxylic acids is 1. The maximum Gasteiger partial charge on any atom is 0.494 e. The molecule has 0 saturated carbocycles. The van der Waals surface area contributed by atoms with Gasteiger partial charge in [0.15, 0.2) is 0 Å². The lowest BCUT2D eigenvalue weighted by molar-refractivity contribution is -0.133. The van der Waals surface area contributed by atoms with Gasteiger partial charge in [-0.3, -0.25) is 5.32 Å². The highest BCUT2D eigenvalue weighted by Gasteiger charge is 2.51. The van der Waals surface area contributed by atoms with Crippen molar-refractivity contribution >= 4 is 30.7 Å². The molecule has 2 aromatic carbocycles.